The van der Waals surface area contributed by atoms with Crippen molar-refractivity contribution in [1.29, 1.82) is 0 Å². The van der Waals surface area contributed by atoms with Crippen LogP contribution < -0.4 is 16.0 Å². The van der Waals surface area contributed by atoms with E-state index in [2.05, 4.69) is 4.98 Å². The average Bonchev–Trinajstić information content (AvgIpc) is 2.08. The van der Waals surface area contributed by atoms with Gasteiger partial charge < -0.3 is 10.5 Å². The molecule has 2 N–H and O–H groups in total. The SMILES string of the molecule is COc1nc(C)cc(=O)n1CC(N)=O. The molecule has 0 aliphatic heterocycles. The van der Waals surface area contributed by atoms with Crippen LogP contribution in [0.1, 0.15) is 5.69 Å². The van der Waals surface area contributed by atoms with E-state index in [1.165, 1.54) is 13.2 Å². The van der Waals surface area contributed by atoms with Crippen molar-refractivity contribution in [2.24, 2.45) is 5.73 Å². The molecule has 0 aliphatic carbocycles. The van der Waals surface area contributed by atoms with E-state index in [0.29, 0.717) is 5.69 Å². The molecule has 0 spiro atoms. The number of aryl methyl sites for hydroxylation is 1. The molecule has 0 saturated carbocycles. The van der Waals surface area contributed by atoms with E-state index in [1.54, 1.807) is 6.92 Å². The van der Waals surface area contributed by atoms with Crippen LogP contribution in [-0.2, 0) is 11.3 Å². The van der Waals surface area contributed by atoms with Gasteiger partial charge in [-0.2, -0.15) is 0 Å². The quantitative estimate of drug-likeness (QED) is 0.676. The van der Waals surface area contributed by atoms with Crippen molar-refractivity contribution < 1.29 is 9.53 Å². The molecule has 0 aromatic carbocycles. The van der Waals surface area contributed by atoms with Gasteiger partial charge >= 0.3 is 0 Å². The van der Waals surface area contributed by atoms with Crippen LogP contribution in [0.2, 0.25) is 0 Å². The zero-order valence-corrected chi connectivity index (χ0v) is 7.98. The first-order valence-electron chi connectivity index (χ1n) is 3.95. The zero-order valence-electron chi connectivity index (χ0n) is 7.98. The van der Waals surface area contributed by atoms with Gasteiger partial charge in [-0.1, -0.05) is 0 Å². The summed E-state index contributed by atoms with van der Waals surface area (Å²) in [7, 11) is 1.37. The number of rotatable bonds is 3. The van der Waals surface area contributed by atoms with Gasteiger partial charge in [0, 0.05) is 11.8 Å². The van der Waals surface area contributed by atoms with Crippen molar-refractivity contribution in [3.8, 4) is 6.01 Å². The number of hydrogen-bond acceptors (Lipinski definition) is 4. The molecule has 0 aliphatic rings. The lowest BCUT2D eigenvalue weighted by Crippen LogP contribution is -2.29. The van der Waals surface area contributed by atoms with Gasteiger partial charge in [0.15, 0.2) is 0 Å². The van der Waals surface area contributed by atoms with Crippen LogP contribution in [0.4, 0.5) is 0 Å². The maximum absolute atomic E-state index is 11.4. The molecule has 0 saturated heterocycles. The Morgan fingerprint density at radius 2 is 2.36 bits per heavy atom. The highest BCUT2D eigenvalue weighted by molar-refractivity contribution is 5.73. The summed E-state index contributed by atoms with van der Waals surface area (Å²) in [5, 5.41) is 0. The lowest BCUT2D eigenvalue weighted by Gasteiger charge is -2.08. The first kappa shape index (κ1) is 10.2. The number of hydrogen-bond donors (Lipinski definition) is 1. The maximum atomic E-state index is 11.4. The molecular formula is C8H11N3O3. The predicted molar refractivity (Wildman–Crippen MR) is 49.0 cm³/mol. The number of nitrogens with two attached hydrogens (primary N) is 1. The number of nitrogens with zero attached hydrogens (tertiary/aromatic N) is 2. The van der Waals surface area contributed by atoms with Crippen molar-refractivity contribution in [1.82, 2.24) is 9.55 Å². The Morgan fingerprint density at radius 1 is 1.71 bits per heavy atom. The summed E-state index contributed by atoms with van der Waals surface area (Å²) < 4.78 is 5.93. The number of aromatic nitrogens is 2. The first-order chi connectivity index (χ1) is 6.54. The molecule has 1 aromatic rings. The summed E-state index contributed by atoms with van der Waals surface area (Å²) in [5.74, 6) is -0.615. The van der Waals surface area contributed by atoms with Crippen LogP contribution in [0.5, 0.6) is 6.01 Å². The molecule has 1 aromatic heterocycles. The molecule has 6 heteroatoms. The van der Waals surface area contributed by atoms with Crippen molar-refractivity contribution in [2.45, 2.75) is 13.5 Å². The number of amides is 1. The molecule has 14 heavy (non-hydrogen) atoms. The summed E-state index contributed by atoms with van der Waals surface area (Å²) in [5.41, 5.74) is 5.15. The zero-order chi connectivity index (χ0) is 10.7. The minimum absolute atomic E-state index is 0.0915. The third kappa shape index (κ3) is 2.09. The Balaban J connectivity index is 3.25. The first-order valence-corrected chi connectivity index (χ1v) is 3.95. The predicted octanol–water partition coefficient (Wildman–Crippen LogP) is -0.954. The van der Waals surface area contributed by atoms with E-state index < -0.39 is 5.91 Å². The topological polar surface area (TPSA) is 87.2 Å². The summed E-state index contributed by atoms with van der Waals surface area (Å²) in [4.78, 5) is 26.0. The fourth-order valence-electron chi connectivity index (χ4n) is 1.05. The number of carbonyl (C=O) groups excluding carboxylic acids is 1. The van der Waals surface area contributed by atoms with Gasteiger partial charge in [-0.15, -0.1) is 0 Å². The minimum Gasteiger partial charge on any atom is -0.468 e. The van der Waals surface area contributed by atoms with Crippen molar-refractivity contribution >= 4 is 5.91 Å². The second-order valence-electron chi connectivity index (χ2n) is 2.77. The number of ether oxygens (including phenoxy) is 1. The van der Waals surface area contributed by atoms with Gasteiger partial charge in [0.05, 0.1) is 7.11 Å². The van der Waals surface area contributed by atoms with E-state index in [1.807, 2.05) is 0 Å². The summed E-state index contributed by atoms with van der Waals surface area (Å²) >= 11 is 0. The second kappa shape index (κ2) is 3.91. The number of carbonyl (C=O) groups is 1. The van der Waals surface area contributed by atoms with Gasteiger partial charge in [-0.05, 0) is 6.92 Å². The highest BCUT2D eigenvalue weighted by Gasteiger charge is 2.08. The van der Waals surface area contributed by atoms with Crippen molar-refractivity contribution in [3.05, 3.63) is 22.1 Å². The van der Waals surface area contributed by atoms with Crippen LogP contribution in [-0.4, -0.2) is 22.6 Å². The molecular weight excluding hydrogens is 186 g/mol. The fraction of sp³-hybridized carbons (Fsp3) is 0.375. The molecule has 0 unspecified atom stereocenters. The standard InChI is InChI=1S/C8H11N3O3/c1-5-3-7(13)11(4-6(9)12)8(10-5)14-2/h3H,4H2,1-2H3,(H2,9,12). The molecule has 1 amide bonds. The van der Waals surface area contributed by atoms with E-state index >= 15 is 0 Å². The van der Waals surface area contributed by atoms with Gasteiger partial charge in [0.25, 0.3) is 11.6 Å². The molecule has 0 fully saturated rings. The van der Waals surface area contributed by atoms with E-state index in [4.69, 9.17) is 10.5 Å². The minimum atomic E-state index is -0.615. The summed E-state index contributed by atoms with van der Waals surface area (Å²) in [6.45, 7) is 1.44. The van der Waals surface area contributed by atoms with Crippen LogP contribution in [0.15, 0.2) is 10.9 Å². The van der Waals surface area contributed by atoms with Gasteiger partial charge in [-0.3, -0.25) is 14.2 Å². The molecule has 1 rings (SSSR count). The Hall–Kier alpha value is -1.85. The van der Waals surface area contributed by atoms with Crippen LogP contribution >= 0.6 is 0 Å². The molecule has 1 heterocycles. The van der Waals surface area contributed by atoms with Crippen LogP contribution in [0.3, 0.4) is 0 Å². The highest BCUT2D eigenvalue weighted by atomic mass is 16.5. The number of methoxy groups -OCH3 is 1. The Bertz CT molecular complexity index is 411. The third-order valence-corrected chi connectivity index (χ3v) is 1.60. The Labute approximate surface area is 80.3 Å². The summed E-state index contributed by atoms with van der Waals surface area (Å²) in [6, 6.07) is 1.40. The van der Waals surface area contributed by atoms with E-state index in [0.717, 1.165) is 4.57 Å². The number of primary amides is 1. The second-order valence-corrected chi connectivity index (χ2v) is 2.77. The average molecular weight is 197 g/mol. The van der Waals surface area contributed by atoms with E-state index in [9.17, 15) is 9.59 Å². The molecule has 76 valence electrons. The fourth-order valence-corrected chi connectivity index (χ4v) is 1.05. The van der Waals surface area contributed by atoms with Crippen molar-refractivity contribution in [3.63, 3.8) is 0 Å². The normalized spacial score (nSPS) is 9.86. The molecule has 6 nitrogen and oxygen atoms in total. The van der Waals surface area contributed by atoms with Gasteiger partial charge in [-0.25, -0.2) is 4.98 Å². The van der Waals surface area contributed by atoms with Gasteiger partial charge in [0.1, 0.15) is 6.54 Å². The van der Waals surface area contributed by atoms with Crippen molar-refractivity contribution in [2.75, 3.05) is 7.11 Å². The van der Waals surface area contributed by atoms with Crippen LogP contribution in [0.25, 0.3) is 0 Å². The smallest absolute Gasteiger partial charge is 0.299 e. The Kier molecular flexibility index (Phi) is 2.85. The largest absolute Gasteiger partial charge is 0.468 e. The van der Waals surface area contributed by atoms with Crippen LogP contribution in [0, 0.1) is 6.92 Å². The lowest BCUT2D eigenvalue weighted by molar-refractivity contribution is -0.118. The summed E-state index contributed by atoms with van der Waals surface area (Å²) in [6.07, 6.45) is 0. The van der Waals surface area contributed by atoms with E-state index in [-0.39, 0.29) is 18.1 Å². The third-order valence-electron chi connectivity index (χ3n) is 1.60. The monoisotopic (exact) mass is 197 g/mol. The Morgan fingerprint density at radius 3 is 2.86 bits per heavy atom. The van der Waals surface area contributed by atoms with Gasteiger partial charge in [0.2, 0.25) is 5.91 Å². The maximum Gasteiger partial charge on any atom is 0.299 e. The molecule has 0 radical (unpaired) electrons. The molecule has 0 bridgehead atoms. The highest BCUT2D eigenvalue weighted by Crippen LogP contribution is 2.03. The molecule has 0 atom stereocenters. The lowest BCUT2D eigenvalue weighted by atomic mass is 10.4.